The third kappa shape index (κ3) is 3.14. The Balaban J connectivity index is 2.35. The molecule has 0 radical (unpaired) electrons. The van der Waals surface area contributed by atoms with Gasteiger partial charge in [0.1, 0.15) is 0 Å². The Hall–Kier alpha value is -0.550. The predicted molar refractivity (Wildman–Crippen MR) is 84.9 cm³/mol. The van der Waals surface area contributed by atoms with Gasteiger partial charge in [0.15, 0.2) is 4.77 Å². The smallest absolute Gasteiger partial charge is 0.178 e. The molecule has 0 saturated carbocycles. The monoisotopic (exact) mass is 317 g/mol. The van der Waals surface area contributed by atoms with Crippen LogP contribution in [0.2, 0.25) is 10.0 Å². The molecule has 1 aromatic carbocycles. The number of rotatable bonds is 4. The van der Waals surface area contributed by atoms with Crippen LogP contribution in [0, 0.1) is 4.77 Å². The second-order valence-electron chi connectivity index (χ2n) is 4.94. The lowest BCUT2D eigenvalue weighted by molar-refractivity contribution is 0.263. The normalized spacial score (nSPS) is 11.9. The van der Waals surface area contributed by atoms with E-state index in [0.29, 0.717) is 20.9 Å². The van der Waals surface area contributed by atoms with Gasteiger partial charge in [-0.05, 0) is 45.2 Å². The number of likely N-dealkylation sites (N-methyl/N-ethyl adjacent to an activating group) is 1. The maximum absolute atomic E-state index is 6.08. The van der Waals surface area contributed by atoms with Crippen LogP contribution in [0.4, 0.5) is 0 Å². The standard InChI is InChI=1S/C13H17Cl2N3S/c1-8(2)17(3)4-5-18-12-7-10(15)9(14)6-11(12)16-13(18)19/h6-8H,4-5H2,1-3H3,(H,16,19). The highest BCUT2D eigenvalue weighted by atomic mass is 35.5. The van der Waals surface area contributed by atoms with Crippen LogP contribution < -0.4 is 0 Å². The van der Waals surface area contributed by atoms with Crippen molar-refractivity contribution in [1.82, 2.24) is 14.5 Å². The number of imidazole rings is 1. The van der Waals surface area contributed by atoms with Crippen molar-refractivity contribution in [1.29, 1.82) is 0 Å². The second kappa shape index (κ2) is 5.83. The van der Waals surface area contributed by atoms with Gasteiger partial charge in [0.2, 0.25) is 0 Å². The van der Waals surface area contributed by atoms with Gasteiger partial charge in [-0.15, -0.1) is 0 Å². The van der Waals surface area contributed by atoms with Crippen LogP contribution in [0.15, 0.2) is 12.1 Å². The number of aromatic nitrogens is 2. The Kier molecular flexibility index (Phi) is 4.56. The van der Waals surface area contributed by atoms with Crippen LogP contribution in [0.3, 0.4) is 0 Å². The second-order valence-corrected chi connectivity index (χ2v) is 6.14. The quantitative estimate of drug-likeness (QED) is 0.848. The number of benzene rings is 1. The van der Waals surface area contributed by atoms with E-state index in [2.05, 4.69) is 35.3 Å². The molecule has 2 aromatic rings. The predicted octanol–water partition coefficient (Wildman–Crippen LogP) is 4.35. The number of nitrogens with one attached hydrogen (secondary N) is 1. The van der Waals surface area contributed by atoms with Crippen molar-refractivity contribution in [3.63, 3.8) is 0 Å². The third-order valence-electron chi connectivity index (χ3n) is 3.37. The molecule has 19 heavy (non-hydrogen) atoms. The zero-order valence-electron chi connectivity index (χ0n) is 11.2. The third-order valence-corrected chi connectivity index (χ3v) is 4.42. The summed E-state index contributed by atoms with van der Waals surface area (Å²) in [7, 11) is 2.10. The van der Waals surface area contributed by atoms with Crippen molar-refractivity contribution in [2.75, 3.05) is 13.6 Å². The van der Waals surface area contributed by atoms with Gasteiger partial charge >= 0.3 is 0 Å². The number of H-pyrrole nitrogens is 1. The number of aromatic amines is 1. The molecule has 0 aliphatic carbocycles. The molecule has 104 valence electrons. The fraction of sp³-hybridized carbons (Fsp3) is 0.462. The van der Waals surface area contributed by atoms with Gasteiger partial charge in [-0.2, -0.15) is 0 Å². The van der Waals surface area contributed by atoms with Gasteiger partial charge in [0.25, 0.3) is 0 Å². The lowest BCUT2D eigenvalue weighted by atomic mass is 10.3. The summed E-state index contributed by atoms with van der Waals surface area (Å²) in [4.78, 5) is 5.44. The van der Waals surface area contributed by atoms with Crippen LogP contribution in [0.1, 0.15) is 13.8 Å². The lowest BCUT2D eigenvalue weighted by Gasteiger charge is -2.21. The number of halogens is 2. The Bertz CT molecular complexity index is 645. The van der Waals surface area contributed by atoms with Crippen molar-refractivity contribution in [3.8, 4) is 0 Å². The van der Waals surface area contributed by atoms with Crippen LogP contribution >= 0.6 is 35.4 Å². The van der Waals surface area contributed by atoms with Gasteiger partial charge in [0, 0.05) is 19.1 Å². The van der Waals surface area contributed by atoms with Gasteiger partial charge in [-0.3, -0.25) is 0 Å². The van der Waals surface area contributed by atoms with E-state index in [1.165, 1.54) is 0 Å². The summed E-state index contributed by atoms with van der Waals surface area (Å²) in [6, 6.07) is 4.19. The SMILES string of the molecule is CC(C)N(C)CCn1c(=S)[nH]c2cc(Cl)c(Cl)cc21. The molecule has 0 aliphatic rings. The molecule has 1 aromatic heterocycles. The molecular formula is C13H17Cl2N3S. The van der Waals surface area contributed by atoms with Crippen LogP contribution in [0.25, 0.3) is 11.0 Å². The van der Waals surface area contributed by atoms with E-state index >= 15 is 0 Å². The molecule has 0 unspecified atom stereocenters. The largest absolute Gasteiger partial charge is 0.331 e. The summed E-state index contributed by atoms with van der Waals surface area (Å²) in [5, 5.41) is 1.09. The molecule has 0 fully saturated rings. The molecule has 2 rings (SSSR count). The number of nitrogens with zero attached hydrogens (tertiary/aromatic N) is 2. The van der Waals surface area contributed by atoms with Gasteiger partial charge in [-0.1, -0.05) is 23.2 Å². The van der Waals surface area contributed by atoms with Crippen LogP contribution in [-0.4, -0.2) is 34.1 Å². The molecule has 0 amide bonds. The van der Waals surface area contributed by atoms with Crippen molar-refractivity contribution >= 4 is 46.5 Å². The molecular weight excluding hydrogens is 301 g/mol. The summed E-state index contributed by atoms with van der Waals surface area (Å²) in [6.07, 6.45) is 0. The molecule has 1 heterocycles. The highest BCUT2D eigenvalue weighted by Gasteiger charge is 2.09. The zero-order valence-corrected chi connectivity index (χ0v) is 13.5. The summed E-state index contributed by atoms with van der Waals surface area (Å²) < 4.78 is 2.76. The number of hydrogen-bond acceptors (Lipinski definition) is 2. The fourth-order valence-corrected chi connectivity index (χ4v) is 2.51. The molecule has 3 nitrogen and oxygen atoms in total. The van der Waals surface area contributed by atoms with E-state index in [9.17, 15) is 0 Å². The topological polar surface area (TPSA) is 24.0 Å². The average molecular weight is 318 g/mol. The highest BCUT2D eigenvalue weighted by Crippen LogP contribution is 2.27. The Morgan fingerprint density at radius 3 is 2.58 bits per heavy atom. The Morgan fingerprint density at radius 1 is 1.32 bits per heavy atom. The molecule has 0 spiro atoms. The first-order valence-electron chi connectivity index (χ1n) is 6.18. The number of fused-ring (bicyclic) bond motifs is 1. The molecule has 0 aliphatic heterocycles. The van der Waals surface area contributed by atoms with Crippen LogP contribution in [-0.2, 0) is 6.54 Å². The highest BCUT2D eigenvalue weighted by molar-refractivity contribution is 7.71. The minimum Gasteiger partial charge on any atom is -0.331 e. The van der Waals surface area contributed by atoms with E-state index in [-0.39, 0.29) is 0 Å². The zero-order chi connectivity index (χ0) is 14.2. The summed E-state index contributed by atoms with van der Waals surface area (Å²) in [6.45, 7) is 6.10. The number of hydrogen-bond donors (Lipinski definition) is 1. The van der Waals surface area contributed by atoms with E-state index in [1.807, 2.05) is 12.1 Å². The molecule has 0 bridgehead atoms. The first-order valence-corrected chi connectivity index (χ1v) is 7.34. The van der Waals surface area contributed by atoms with Crippen LogP contribution in [0.5, 0.6) is 0 Å². The van der Waals surface area contributed by atoms with E-state index < -0.39 is 0 Å². The summed E-state index contributed by atoms with van der Waals surface area (Å²) in [5.74, 6) is 0. The Morgan fingerprint density at radius 2 is 1.95 bits per heavy atom. The van der Waals surface area contributed by atoms with E-state index in [0.717, 1.165) is 24.1 Å². The Labute approximate surface area is 128 Å². The van der Waals surface area contributed by atoms with Gasteiger partial charge in [0.05, 0.1) is 21.1 Å². The van der Waals surface area contributed by atoms with Crippen molar-refractivity contribution < 1.29 is 0 Å². The van der Waals surface area contributed by atoms with Crippen molar-refractivity contribution in [2.24, 2.45) is 0 Å². The molecule has 0 atom stereocenters. The minimum atomic E-state index is 0.511. The molecule has 6 heteroatoms. The van der Waals surface area contributed by atoms with Crippen molar-refractivity contribution in [2.45, 2.75) is 26.4 Å². The maximum atomic E-state index is 6.08. The van der Waals surface area contributed by atoms with E-state index in [1.54, 1.807) is 0 Å². The van der Waals surface area contributed by atoms with E-state index in [4.69, 9.17) is 35.4 Å². The fourth-order valence-electron chi connectivity index (χ4n) is 1.89. The van der Waals surface area contributed by atoms with Crippen molar-refractivity contribution in [3.05, 3.63) is 26.9 Å². The van der Waals surface area contributed by atoms with Gasteiger partial charge in [-0.25, -0.2) is 0 Å². The molecule has 0 saturated heterocycles. The maximum Gasteiger partial charge on any atom is 0.178 e. The first kappa shape index (κ1) is 14.9. The van der Waals surface area contributed by atoms with Gasteiger partial charge < -0.3 is 14.5 Å². The lowest BCUT2D eigenvalue weighted by Crippen LogP contribution is -2.29. The summed E-state index contributed by atoms with van der Waals surface area (Å²) in [5.41, 5.74) is 1.92. The molecule has 1 N–H and O–H groups in total. The first-order chi connectivity index (χ1) is 8.90. The average Bonchev–Trinajstić information content (AvgIpc) is 2.62. The summed E-state index contributed by atoms with van der Waals surface area (Å²) >= 11 is 17.5. The minimum absolute atomic E-state index is 0.511.